The highest BCUT2D eigenvalue weighted by molar-refractivity contribution is 5.74. The summed E-state index contributed by atoms with van der Waals surface area (Å²) in [5.41, 5.74) is 1.47. The summed E-state index contributed by atoms with van der Waals surface area (Å²) in [4.78, 5) is 19.7. The third-order valence-corrected chi connectivity index (χ3v) is 6.37. The molecule has 2 aromatic carbocycles. The molecule has 1 aliphatic heterocycles. The summed E-state index contributed by atoms with van der Waals surface area (Å²) in [6.45, 7) is 2.30. The summed E-state index contributed by atoms with van der Waals surface area (Å²) in [5.74, 6) is -0.355. The van der Waals surface area contributed by atoms with E-state index in [1.165, 1.54) is 33.9 Å². The standard InChI is InChI=1S/C25H23FN6O2/c26-20-5-7-21(8-6-20)32-23-22(14-29-32)24(33)31(17-28-23)16-25(34)9-11-30(12-10-25)15-19-3-1-18(13-27)2-4-19/h1-8,14,17,34H,9-12,15-16H2. The Morgan fingerprint density at radius 3 is 2.47 bits per heavy atom. The Bertz CT molecular complexity index is 1410. The summed E-state index contributed by atoms with van der Waals surface area (Å²) >= 11 is 0. The first-order chi connectivity index (χ1) is 16.4. The molecule has 0 bridgehead atoms. The van der Waals surface area contributed by atoms with Crippen LogP contribution in [0.2, 0.25) is 0 Å². The van der Waals surface area contributed by atoms with Crippen LogP contribution >= 0.6 is 0 Å². The van der Waals surface area contributed by atoms with Crippen LogP contribution in [0.15, 0.2) is 65.8 Å². The van der Waals surface area contributed by atoms with E-state index >= 15 is 0 Å². The highest BCUT2D eigenvalue weighted by Crippen LogP contribution is 2.25. The Hall–Kier alpha value is -3.87. The van der Waals surface area contributed by atoms with Crippen LogP contribution in [0, 0.1) is 17.1 Å². The Morgan fingerprint density at radius 1 is 1.09 bits per heavy atom. The van der Waals surface area contributed by atoms with E-state index in [1.807, 2.05) is 24.3 Å². The lowest BCUT2D eigenvalue weighted by atomic mass is 9.91. The van der Waals surface area contributed by atoms with Gasteiger partial charge in [-0.2, -0.15) is 10.4 Å². The van der Waals surface area contributed by atoms with Gasteiger partial charge in [-0.3, -0.25) is 14.3 Å². The Labute approximate surface area is 195 Å². The molecule has 1 aliphatic rings. The molecule has 1 fully saturated rings. The highest BCUT2D eigenvalue weighted by atomic mass is 19.1. The van der Waals surface area contributed by atoms with Crippen LogP contribution in [0.4, 0.5) is 4.39 Å². The number of hydrogen-bond acceptors (Lipinski definition) is 6. The minimum Gasteiger partial charge on any atom is -0.388 e. The zero-order valence-corrected chi connectivity index (χ0v) is 18.4. The second-order valence-corrected chi connectivity index (χ2v) is 8.76. The lowest BCUT2D eigenvalue weighted by Gasteiger charge is -2.38. The number of halogens is 1. The minimum atomic E-state index is -1.01. The van der Waals surface area contributed by atoms with E-state index in [-0.39, 0.29) is 17.9 Å². The summed E-state index contributed by atoms with van der Waals surface area (Å²) in [6.07, 6.45) is 3.95. The first-order valence-electron chi connectivity index (χ1n) is 11.1. The zero-order valence-electron chi connectivity index (χ0n) is 18.4. The third-order valence-electron chi connectivity index (χ3n) is 6.37. The first-order valence-corrected chi connectivity index (χ1v) is 11.1. The van der Waals surface area contributed by atoms with Gasteiger partial charge in [0.05, 0.1) is 35.7 Å². The van der Waals surface area contributed by atoms with Gasteiger partial charge in [0.15, 0.2) is 5.65 Å². The lowest BCUT2D eigenvalue weighted by Crippen LogP contribution is -2.47. The second-order valence-electron chi connectivity index (χ2n) is 8.76. The van der Waals surface area contributed by atoms with E-state index in [2.05, 4.69) is 21.1 Å². The van der Waals surface area contributed by atoms with Gasteiger partial charge < -0.3 is 5.11 Å². The van der Waals surface area contributed by atoms with Crippen LogP contribution in [-0.4, -0.2) is 48.0 Å². The predicted octanol–water partition coefficient (Wildman–Crippen LogP) is 2.62. The predicted molar refractivity (Wildman–Crippen MR) is 124 cm³/mol. The van der Waals surface area contributed by atoms with Crippen molar-refractivity contribution in [3.63, 3.8) is 0 Å². The molecule has 1 saturated heterocycles. The number of fused-ring (bicyclic) bond motifs is 1. The van der Waals surface area contributed by atoms with Crippen LogP contribution in [0.3, 0.4) is 0 Å². The zero-order chi connectivity index (χ0) is 23.7. The van der Waals surface area contributed by atoms with Gasteiger partial charge in [-0.05, 0) is 54.8 Å². The molecular formula is C25H23FN6O2. The van der Waals surface area contributed by atoms with Gasteiger partial charge in [-0.25, -0.2) is 14.1 Å². The molecule has 9 heteroatoms. The van der Waals surface area contributed by atoms with Crippen LogP contribution in [-0.2, 0) is 13.1 Å². The Balaban J connectivity index is 1.28. The molecule has 0 radical (unpaired) electrons. The fourth-order valence-electron chi connectivity index (χ4n) is 4.38. The van der Waals surface area contributed by atoms with Crippen LogP contribution < -0.4 is 5.56 Å². The highest BCUT2D eigenvalue weighted by Gasteiger charge is 2.33. The first kappa shape index (κ1) is 21.9. The number of nitrogens with zero attached hydrogens (tertiary/aromatic N) is 6. The van der Waals surface area contributed by atoms with Crippen molar-refractivity contribution in [3.05, 3.63) is 88.4 Å². The summed E-state index contributed by atoms with van der Waals surface area (Å²) in [7, 11) is 0. The number of aliphatic hydroxyl groups is 1. The van der Waals surface area contributed by atoms with Crippen molar-refractivity contribution < 1.29 is 9.50 Å². The van der Waals surface area contributed by atoms with Gasteiger partial charge in [0.25, 0.3) is 5.56 Å². The third kappa shape index (κ3) is 4.33. The molecule has 4 aromatic rings. The Morgan fingerprint density at radius 2 is 1.79 bits per heavy atom. The van der Waals surface area contributed by atoms with Crippen LogP contribution in [0.25, 0.3) is 16.7 Å². The van der Waals surface area contributed by atoms with E-state index in [0.717, 1.165) is 12.1 Å². The SMILES string of the molecule is N#Cc1ccc(CN2CCC(O)(Cn3cnc4c(cnn4-c4ccc(F)cc4)c3=O)CC2)cc1. The van der Waals surface area contributed by atoms with Crippen molar-refractivity contribution in [1.29, 1.82) is 5.26 Å². The quantitative estimate of drug-likeness (QED) is 0.494. The molecule has 34 heavy (non-hydrogen) atoms. The average molecular weight is 458 g/mol. The smallest absolute Gasteiger partial charge is 0.264 e. The van der Waals surface area contributed by atoms with Crippen molar-refractivity contribution in [3.8, 4) is 11.8 Å². The molecule has 0 amide bonds. The fourth-order valence-corrected chi connectivity index (χ4v) is 4.38. The molecule has 8 nitrogen and oxygen atoms in total. The second kappa shape index (κ2) is 8.82. The topological polar surface area (TPSA) is 100.0 Å². The van der Waals surface area contributed by atoms with Gasteiger partial charge in [-0.15, -0.1) is 0 Å². The van der Waals surface area contributed by atoms with Crippen LogP contribution in [0.1, 0.15) is 24.0 Å². The van der Waals surface area contributed by atoms with Gasteiger partial charge in [0.1, 0.15) is 17.5 Å². The number of benzene rings is 2. The number of likely N-dealkylation sites (tertiary alicyclic amines) is 1. The van der Waals surface area contributed by atoms with E-state index in [0.29, 0.717) is 48.2 Å². The number of piperidine rings is 1. The molecule has 0 unspecified atom stereocenters. The minimum absolute atomic E-state index is 0.154. The fraction of sp³-hybridized carbons (Fsp3) is 0.280. The maximum atomic E-state index is 13.2. The molecule has 3 heterocycles. The van der Waals surface area contributed by atoms with Crippen molar-refractivity contribution in [2.75, 3.05) is 13.1 Å². The summed E-state index contributed by atoms with van der Waals surface area (Å²) in [6, 6.07) is 15.4. The normalized spacial score (nSPS) is 15.9. The van der Waals surface area contributed by atoms with E-state index in [4.69, 9.17) is 5.26 Å². The number of aromatic nitrogens is 4. The van der Waals surface area contributed by atoms with Crippen molar-refractivity contribution in [2.24, 2.45) is 0 Å². The maximum absolute atomic E-state index is 13.2. The molecule has 172 valence electrons. The molecule has 0 spiro atoms. The number of nitriles is 1. The van der Waals surface area contributed by atoms with E-state index < -0.39 is 5.60 Å². The van der Waals surface area contributed by atoms with Crippen molar-refractivity contribution >= 4 is 11.0 Å². The summed E-state index contributed by atoms with van der Waals surface area (Å²) in [5, 5.41) is 24.7. The maximum Gasteiger partial charge on any atom is 0.264 e. The lowest BCUT2D eigenvalue weighted by molar-refractivity contribution is -0.0364. The van der Waals surface area contributed by atoms with Gasteiger partial charge in [0, 0.05) is 19.6 Å². The average Bonchev–Trinajstić information content (AvgIpc) is 3.28. The molecular weight excluding hydrogens is 435 g/mol. The Kier molecular flexibility index (Phi) is 5.69. The number of hydrogen-bond donors (Lipinski definition) is 1. The van der Waals surface area contributed by atoms with Gasteiger partial charge >= 0.3 is 0 Å². The van der Waals surface area contributed by atoms with Gasteiger partial charge in [-0.1, -0.05) is 12.1 Å². The van der Waals surface area contributed by atoms with E-state index in [1.54, 1.807) is 12.1 Å². The molecule has 0 aliphatic carbocycles. The monoisotopic (exact) mass is 458 g/mol. The number of rotatable bonds is 5. The molecule has 5 rings (SSSR count). The molecule has 2 aromatic heterocycles. The van der Waals surface area contributed by atoms with Crippen LogP contribution in [0.5, 0.6) is 0 Å². The largest absolute Gasteiger partial charge is 0.388 e. The molecule has 1 N–H and O–H groups in total. The summed E-state index contributed by atoms with van der Waals surface area (Å²) < 4.78 is 16.2. The van der Waals surface area contributed by atoms with Gasteiger partial charge in [0.2, 0.25) is 0 Å². The molecule has 0 saturated carbocycles. The van der Waals surface area contributed by atoms with Crippen molar-refractivity contribution in [2.45, 2.75) is 31.5 Å². The van der Waals surface area contributed by atoms with E-state index in [9.17, 15) is 14.3 Å². The van der Waals surface area contributed by atoms with Crippen molar-refractivity contribution in [1.82, 2.24) is 24.2 Å². The molecule has 0 atom stereocenters.